The number of fused-ring (bicyclic) bond motifs is 1. The fraction of sp³-hybridized carbons (Fsp3) is 1.00. The van der Waals surface area contributed by atoms with Crippen LogP contribution in [0.3, 0.4) is 0 Å². The number of hydrogen-bond donors (Lipinski definition) is 0. The highest BCUT2D eigenvalue weighted by atomic mass is 15.1. The molecule has 4 saturated carbocycles. The van der Waals surface area contributed by atoms with E-state index >= 15 is 0 Å². The van der Waals surface area contributed by atoms with E-state index in [-0.39, 0.29) is 0 Å². The highest BCUT2D eigenvalue weighted by Crippen LogP contribution is 2.57. The summed E-state index contributed by atoms with van der Waals surface area (Å²) in [6.45, 7) is 1.36. The van der Waals surface area contributed by atoms with Gasteiger partial charge in [-0.25, -0.2) is 0 Å². The topological polar surface area (TPSA) is 3.24 Å². The average molecular weight is 207 g/mol. The molecule has 4 aliphatic carbocycles. The maximum Gasteiger partial charge on any atom is 0.00322 e. The van der Waals surface area contributed by atoms with Crippen LogP contribution in [0.25, 0.3) is 0 Å². The van der Waals surface area contributed by atoms with Crippen LogP contribution in [0.5, 0.6) is 0 Å². The van der Waals surface area contributed by atoms with Crippen LogP contribution < -0.4 is 0 Å². The molecule has 2 atom stereocenters. The van der Waals surface area contributed by atoms with Crippen LogP contribution in [0.2, 0.25) is 0 Å². The molecule has 0 aromatic heterocycles. The summed E-state index contributed by atoms with van der Waals surface area (Å²) in [6.07, 6.45) is 10.9. The summed E-state index contributed by atoms with van der Waals surface area (Å²) in [6, 6.07) is 0. The van der Waals surface area contributed by atoms with E-state index in [1.165, 1.54) is 6.54 Å². The Kier molecular flexibility index (Phi) is 2.35. The minimum Gasteiger partial charge on any atom is -0.309 e. The predicted molar refractivity (Wildman–Crippen MR) is 63.8 cm³/mol. The zero-order valence-corrected chi connectivity index (χ0v) is 10.3. The lowest BCUT2D eigenvalue weighted by Crippen LogP contribution is -2.43. The van der Waals surface area contributed by atoms with Crippen molar-refractivity contribution in [1.82, 2.24) is 4.90 Å². The van der Waals surface area contributed by atoms with Crippen molar-refractivity contribution in [2.24, 2.45) is 23.2 Å². The fourth-order valence-corrected chi connectivity index (χ4v) is 5.24. The molecule has 1 heteroatoms. The Hall–Kier alpha value is -0.0400. The molecule has 15 heavy (non-hydrogen) atoms. The quantitative estimate of drug-likeness (QED) is 0.672. The largest absolute Gasteiger partial charge is 0.309 e. The van der Waals surface area contributed by atoms with E-state index in [1.54, 1.807) is 44.9 Å². The average Bonchev–Trinajstić information content (AvgIpc) is 2.29. The van der Waals surface area contributed by atoms with Crippen molar-refractivity contribution in [3.8, 4) is 0 Å². The molecule has 0 N–H and O–H groups in total. The second-order valence-corrected chi connectivity index (χ2v) is 7.00. The molecule has 2 unspecified atom stereocenters. The Morgan fingerprint density at radius 2 is 1.47 bits per heavy atom. The van der Waals surface area contributed by atoms with E-state index in [0.29, 0.717) is 0 Å². The van der Waals surface area contributed by atoms with E-state index in [0.717, 1.165) is 23.2 Å². The molecule has 0 heterocycles. The van der Waals surface area contributed by atoms with Crippen LogP contribution in [-0.4, -0.2) is 25.5 Å². The first-order valence-electron chi connectivity index (χ1n) is 6.80. The van der Waals surface area contributed by atoms with E-state index in [4.69, 9.17) is 0 Å². The van der Waals surface area contributed by atoms with Gasteiger partial charge in [-0.1, -0.05) is 12.8 Å². The molecule has 0 aromatic carbocycles. The summed E-state index contributed by atoms with van der Waals surface area (Å²) < 4.78 is 0. The van der Waals surface area contributed by atoms with Gasteiger partial charge in [0.25, 0.3) is 0 Å². The van der Waals surface area contributed by atoms with Gasteiger partial charge in [0.15, 0.2) is 0 Å². The lowest BCUT2D eigenvalue weighted by Gasteiger charge is -2.49. The molecule has 0 saturated heterocycles. The summed E-state index contributed by atoms with van der Waals surface area (Å²) in [5.41, 5.74) is 0.733. The molecule has 4 aliphatic rings. The van der Waals surface area contributed by atoms with Crippen LogP contribution >= 0.6 is 0 Å². The minimum absolute atomic E-state index is 0.733. The van der Waals surface area contributed by atoms with E-state index in [9.17, 15) is 0 Å². The van der Waals surface area contributed by atoms with Crippen LogP contribution in [0, 0.1) is 23.2 Å². The highest BCUT2D eigenvalue weighted by Gasteiger charge is 2.48. The summed E-state index contributed by atoms with van der Waals surface area (Å²) >= 11 is 0. The van der Waals surface area contributed by atoms with Crippen molar-refractivity contribution in [3.05, 3.63) is 0 Å². The van der Waals surface area contributed by atoms with Gasteiger partial charge in [-0.3, -0.25) is 0 Å². The highest BCUT2D eigenvalue weighted by molar-refractivity contribution is 4.99. The third kappa shape index (κ3) is 1.84. The zero-order valence-electron chi connectivity index (χ0n) is 10.3. The maximum atomic E-state index is 2.44. The molecule has 86 valence electrons. The summed E-state index contributed by atoms with van der Waals surface area (Å²) in [4.78, 5) is 2.44. The van der Waals surface area contributed by atoms with Crippen molar-refractivity contribution >= 4 is 0 Å². The number of rotatable bonds is 2. The van der Waals surface area contributed by atoms with Crippen LogP contribution in [0.1, 0.15) is 44.9 Å². The van der Waals surface area contributed by atoms with Crippen molar-refractivity contribution < 1.29 is 0 Å². The molecule has 0 radical (unpaired) electrons. The maximum absolute atomic E-state index is 2.44. The van der Waals surface area contributed by atoms with Crippen molar-refractivity contribution in [2.45, 2.75) is 44.9 Å². The molecule has 4 rings (SSSR count). The Labute approximate surface area is 94.2 Å². The second kappa shape index (κ2) is 3.48. The lowest BCUT2D eigenvalue weighted by molar-refractivity contribution is 0.0144. The third-order valence-corrected chi connectivity index (χ3v) is 5.13. The van der Waals surface area contributed by atoms with Gasteiger partial charge in [-0.05, 0) is 69.4 Å². The summed E-state index contributed by atoms with van der Waals surface area (Å²) in [7, 11) is 4.52. The molecule has 0 amide bonds. The Morgan fingerprint density at radius 1 is 0.933 bits per heavy atom. The molecular weight excluding hydrogens is 182 g/mol. The van der Waals surface area contributed by atoms with Crippen molar-refractivity contribution in [2.75, 3.05) is 20.6 Å². The third-order valence-electron chi connectivity index (χ3n) is 5.13. The molecule has 4 fully saturated rings. The molecular formula is C14H25N. The van der Waals surface area contributed by atoms with Gasteiger partial charge in [0, 0.05) is 6.54 Å². The van der Waals surface area contributed by atoms with E-state index < -0.39 is 0 Å². The van der Waals surface area contributed by atoms with Crippen molar-refractivity contribution in [3.63, 3.8) is 0 Å². The van der Waals surface area contributed by atoms with E-state index in [1.807, 2.05) is 0 Å². The predicted octanol–water partition coefficient (Wildman–Crippen LogP) is 3.15. The van der Waals surface area contributed by atoms with Gasteiger partial charge < -0.3 is 4.90 Å². The first-order chi connectivity index (χ1) is 7.15. The minimum atomic E-state index is 0.733. The number of hydrogen-bond acceptors (Lipinski definition) is 1. The summed E-state index contributed by atoms with van der Waals surface area (Å²) in [5.74, 6) is 3.29. The SMILES string of the molecule is CN(C)CC12CC3CCC(CC(C3)C1)C2. The van der Waals surface area contributed by atoms with Gasteiger partial charge in [0.05, 0.1) is 0 Å². The molecule has 4 bridgehead atoms. The Balaban J connectivity index is 1.84. The lowest BCUT2D eigenvalue weighted by atomic mass is 9.58. The van der Waals surface area contributed by atoms with Crippen LogP contribution in [0.15, 0.2) is 0 Å². The van der Waals surface area contributed by atoms with Gasteiger partial charge in [0.1, 0.15) is 0 Å². The fourth-order valence-electron chi connectivity index (χ4n) is 5.24. The molecule has 1 nitrogen and oxygen atoms in total. The zero-order chi connectivity index (χ0) is 10.5. The van der Waals surface area contributed by atoms with Gasteiger partial charge in [-0.2, -0.15) is 0 Å². The molecule has 0 aliphatic heterocycles. The number of nitrogens with zero attached hydrogens (tertiary/aromatic N) is 1. The monoisotopic (exact) mass is 207 g/mol. The van der Waals surface area contributed by atoms with Gasteiger partial charge in [0.2, 0.25) is 0 Å². The molecule has 0 aromatic rings. The van der Waals surface area contributed by atoms with Crippen LogP contribution in [-0.2, 0) is 0 Å². The Morgan fingerprint density at radius 3 is 2.00 bits per heavy atom. The molecule has 0 spiro atoms. The van der Waals surface area contributed by atoms with Crippen molar-refractivity contribution in [1.29, 1.82) is 0 Å². The van der Waals surface area contributed by atoms with Gasteiger partial charge in [-0.15, -0.1) is 0 Å². The Bertz CT molecular complexity index is 226. The van der Waals surface area contributed by atoms with Gasteiger partial charge >= 0.3 is 0 Å². The second-order valence-electron chi connectivity index (χ2n) is 7.00. The normalized spacial score (nSPS) is 48.6. The van der Waals surface area contributed by atoms with E-state index in [2.05, 4.69) is 19.0 Å². The standard InChI is InChI=1S/C14H25N/c1-15(2)10-14-7-11-3-4-12(8-14)6-13(5-11)9-14/h11-13H,3-10H2,1-2H3. The first-order valence-corrected chi connectivity index (χ1v) is 6.80. The smallest absolute Gasteiger partial charge is 0.00322 e. The summed E-state index contributed by atoms with van der Waals surface area (Å²) in [5, 5.41) is 0. The first kappa shape index (κ1) is 10.1. The van der Waals surface area contributed by atoms with Crippen LogP contribution in [0.4, 0.5) is 0 Å².